The summed E-state index contributed by atoms with van der Waals surface area (Å²) >= 11 is 0. The van der Waals surface area contributed by atoms with Crippen LogP contribution in [0.5, 0.6) is 0 Å². The van der Waals surface area contributed by atoms with Gasteiger partial charge < -0.3 is 19.9 Å². The van der Waals surface area contributed by atoms with Crippen LogP contribution >= 0.6 is 0 Å². The van der Waals surface area contributed by atoms with Crippen molar-refractivity contribution < 1.29 is 24.2 Å². The molecule has 20 heavy (non-hydrogen) atoms. The van der Waals surface area contributed by atoms with Crippen molar-refractivity contribution in [1.29, 1.82) is 0 Å². The van der Waals surface area contributed by atoms with E-state index in [9.17, 15) is 14.7 Å². The van der Waals surface area contributed by atoms with Gasteiger partial charge in [0.2, 0.25) is 5.91 Å². The molecule has 0 aromatic carbocycles. The van der Waals surface area contributed by atoms with E-state index in [4.69, 9.17) is 9.47 Å². The number of carbonyl (C=O) groups is 2. The zero-order chi connectivity index (χ0) is 14.3. The standard InChI is InChI=1S/C14H19NO5/c1-7(8-3-2-6-19-8)15-13(16)11-9-4-5-10(20-9)12(11)14(17)18/h4-5,7-12H,2-3,6H2,1H3,(H,15,16)(H,17,18)/t7-,8+,9-,10-,11+,12-/m0/s1. The SMILES string of the molecule is C[C@H](NC(=O)[C@H]1[C@@H](C(=O)O)[C@@H]2C=C[C@@H]1O2)[C@H]1CCCO1. The van der Waals surface area contributed by atoms with Crippen molar-refractivity contribution in [2.24, 2.45) is 11.8 Å². The van der Waals surface area contributed by atoms with E-state index in [-0.39, 0.29) is 18.1 Å². The van der Waals surface area contributed by atoms with E-state index in [2.05, 4.69) is 5.32 Å². The summed E-state index contributed by atoms with van der Waals surface area (Å²) in [5, 5.41) is 12.2. The number of ether oxygens (including phenoxy) is 2. The maximum atomic E-state index is 12.4. The van der Waals surface area contributed by atoms with E-state index in [0.29, 0.717) is 0 Å². The number of nitrogens with one attached hydrogen (secondary N) is 1. The zero-order valence-electron chi connectivity index (χ0n) is 11.3. The minimum absolute atomic E-state index is 0.0253. The van der Waals surface area contributed by atoms with Gasteiger partial charge in [-0.3, -0.25) is 9.59 Å². The maximum absolute atomic E-state index is 12.4. The molecule has 1 amide bonds. The van der Waals surface area contributed by atoms with Gasteiger partial charge >= 0.3 is 5.97 Å². The fraction of sp³-hybridized carbons (Fsp3) is 0.714. The van der Waals surface area contributed by atoms with Crippen LogP contribution in [0, 0.1) is 11.8 Å². The summed E-state index contributed by atoms with van der Waals surface area (Å²) in [6, 6.07) is -0.109. The first-order valence-electron chi connectivity index (χ1n) is 7.06. The lowest BCUT2D eigenvalue weighted by molar-refractivity contribution is -0.147. The Bertz CT molecular complexity index is 443. The number of hydrogen-bond acceptors (Lipinski definition) is 4. The fourth-order valence-corrected chi connectivity index (χ4v) is 3.33. The van der Waals surface area contributed by atoms with Gasteiger partial charge in [-0.05, 0) is 19.8 Å². The Balaban J connectivity index is 1.67. The number of aliphatic carboxylic acids is 1. The number of carboxylic acid groups (broad SMARTS) is 1. The summed E-state index contributed by atoms with van der Waals surface area (Å²) in [6.45, 7) is 2.62. The molecule has 2 bridgehead atoms. The quantitative estimate of drug-likeness (QED) is 0.725. The largest absolute Gasteiger partial charge is 0.481 e. The molecule has 0 aromatic heterocycles. The molecule has 2 fully saturated rings. The van der Waals surface area contributed by atoms with Gasteiger partial charge in [-0.1, -0.05) is 12.2 Å². The van der Waals surface area contributed by atoms with E-state index in [1.807, 2.05) is 6.92 Å². The predicted octanol–water partition coefficient (Wildman–Crippen LogP) is 0.324. The smallest absolute Gasteiger partial charge is 0.310 e. The average Bonchev–Trinajstić information content (AvgIpc) is 3.13. The first kappa shape index (κ1) is 13.6. The second kappa shape index (κ2) is 5.18. The number of amides is 1. The molecule has 0 saturated carbocycles. The Morgan fingerprint density at radius 3 is 2.60 bits per heavy atom. The summed E-state index contributed by atoms with van der Waals surface area (Å²) in [5.41, 5.74) is 0. The normalized spacial score (nSPS) is 40.0. The van der Waals surface area contributed by atoms with Gasteiger partial charge in [0.15, 0.2) is 0 Å². The van der Waals surface area contributed by atoms with Crippen LogP contribution in [0.4, 0.5) is 0 Å². The summed E-state index contributed by atoms with van der Waals surface area (Å²) < 4.78 is 11.0. The van der Waals surface area contributed by atoms with Crippen LogP contribution in [0.25, 0.3) is 0 Å². The van der Waals surface area contributed by atoms with Gasteiger partial charge in [0, 0.05) is 6.61 Å². The summed E-state index contributed by atoms with van der Waals surface area (Å²) in [7, 11) is 0. The molecule has 2 N–H and O–H groups in total. The average molecular weight is 281 g/mol. The third-order valence-corrected chi connectivity index (χ3v) is 4.38. The van der Waals surface area contributed by atoms with E-state index < -0.39 is 30.0 Å². The molecule has 3 rings (SSSR count). The lowest BCUT2D eigenvalue weighted by atomic mass is 9.82. The molecule has 0 radical (unpaired) electrons. The highest BCUT2D eigenvalue weighted by Gasteiger charge is 2.53. The van der Waals surface area contributed by atoms with Crippen LogP contribution in [0.2, 0.25) is 0 Å². The molecule has 2 saturated heterocycles. The monoisotopic (exact) mass is 281 g/mol. The summed E-state index contributed by atoms with van der Waals surface area (Å²) in [4.78, 5) is 23.7. The van der Waals surface area contributed by atoms with Crippen molar-refractivity contribution >= 4 is 11.9 Å². The molecule has 0 aliphatic carbocycles. The Labute approximate surface area is 117 Å². The van der Waals surface area contributed by atoms with Gasteiger partial charge in [0.25, 0.3) is 0 Å². The Hall–Kier alpha value is -1.40. The van der Waals surface area contributed by atoms with Crippen molar-refractivity contribution in [3.05, 3.63) is 12.2 Å². The van der Waals surface area contributed by atoms with Gasteiger partial charge in [-0.2, -0.15) is 0 Å². The highest BCUT2D eigenvalue weighted by atomic mass is 16.5. The summed E-state index contributed by atoms with van der Waals surface area (Å²) in [6.07, 6.45) is 4.57. The van der Waals surface area contributed by atoms with Gasteiger partial charge in [-0.15, -0.1) is 0 Å². The zero-order valence-corrected chi connectivity index (χ0v) is 11.3. The van der Waals surface area contributed by atoms with Crippen molar-refractivity contribution in [2.45, 2.75) is 44.1 Å². The number of hydrogen-bond donors (Lipinski definition) is 2. The minimum Gasteiger partial charge on any atom is -0.481 e. The number of fused-ring (bicyclic) bond motifs is 2. The molecule has 3 aliphatic heterocycles. The number of carbonyl (C=O) groups excluding carboxylic acids is 1. The molecule has 6 heteroatoms. The van der Waals surface area contributed by atoms with Crippen molar-refractivity contribution in [3.8, 4) is 0 Å². The van der Waals surface area contributed by atoms with E-state index in [1.54, 1.807) is 12.2 Å². The molecule has 3 heterocycles. The van der Waals surface area contributed by atoms with Crippen LogP contribution in [-0.2, 0) is 19.1 Å². The van der Waals surface area contributed by atoms with Crippen LogP contribution in [0.1, 0.15) is 19.8 Å². The van der Waals surface area contributed by atoms with Crippen molar-refractivity contribution in [1.82, 2.24) is 5.32 Å². The van der Waals surface area contributed by atoms with Gasteiger partial charge in [0.1, 0.15) is 5.92 Å². The highest BCUT2D eigenvalue weighted by molar-refractivity contribution is 5.87. The molecule has 0 aromatic rings. The molecule has 110 valence electrons. The number of carboxylic acids is 1. The molecular formula is C14H19NO5. The van der Waals surface area contributed by atoms with Crippen LogP contribution < -0.4 is 5.32 Å². The Morgan fingerprint density at radius 1 is 1.30 bits per heavy atom. The second-order valence-corrected chi connectivity index (χ2v) is 5.69. The van der Waals surface area contributed by atoms with Crippen LogP contribution in [0.15, 0.2) is 12.2 Å². The van der Waals surface area contributed by atoms with E-state index in [1.165, 1.54) is 0 Å². The molecule has 6 atom stereocenters. The van der Waals surface area contributed by atoms with Gasteiger partial charge in [0.05, 0.1) is 30.3 Å². The second-order valence-electron chi connectivity index (χ2n) is 5.69. The molecule has 6 nitrogen and oxygen atoms in total. The molecule has 0 unspecified atom stereocenters. The highest BCUT2D eigenvalue weighted by Crippen LogP contribution is 2.39. The molecule has 3 aliphatic rings. The predicted molar refractivity (Wildman–Crippen MR) is 69.0 cm³/mol. The third kappa shape index (κ3) is 2.23. The summed E-state index contributed by atoms with van der Waals surface area (Å²) in [5.74, 6) is -2.67. The first-order chi connectivity index (χ1) is 9.58. The Morgan fingerprint density at radius 2 is 2.00 bits per heavy atom. The molecular weight excluding hydrogens is 262 g/mol. The third-order valence-electron chi connectivity index (χ3n) is 4.38. The van der Waals surface area contributed by atoms with E-state index in [0.717, 1.165) is 19.4 Å². The maximum Gasteiger partial charge on any atom is 0.310 e. The van der Waals surface area contributed by atoms with E-state index >= 15 is 0 Å². The van der Waals surface area contributed by atoms with Crippen molar-refractivity contribution in [2.75, 3.05) is 6.61 Å². The lowest BCUT2D eigenvalue weighted by Crippen LogP contribution is -2.48. The lowest BCUT2D eigenvalue weighted by Gasteiger charge is -2.25. The van der Waals surface area contributed by atoms with Gasteiger partial charge in [-0.25, -0.2) is 0 Å². The van der Waals surface area contributed by atoms with Crippen LogP contribution in [-0.4, -0.2) is 47.9 Å². The fourth-order valence-electron chi connectivity index (χ4n) is 3.33. The van der Waals surface area contributed by atoms with Crippen molar-refractivity contribution in [3.63, 3.8) is 0 Å². The first-order valence-corrected chi connectivity index (χ1v) is 7.06. The topological polar surface area (TPSA) is 84.9 Å². The minimum atomic E-state index is -0.980. The Kier molecular flexibility index (Phi) is 3.52. The number of rotatable bonds is 4. The molecule has 0 spiro atoms. The van der Waals surface area contributed by atoms with Crippen LogP contribution in [0.3, 0.4) is 0 Å².